The molecule has 2 aromatic carbocycles. The van der Waals surface area contributed by atoms with E-state index in [9.17, 15) is 9.59 Å². The van der Waals surface area contributed by atoms with Crippen molar-refractivity contribution >= 4 is 28.5 Å². The summed E-state index contributed by atoms with van der Waals surface area (Å²) in [6, 6.07) is 12.7. The molecule has 1 atom stereocenters. The summed E-state index contributed by atoms with van der Waals surface area (Å²) >= 11 is 0. The molecule has 0 bridgehead atoms. The van der Waals surface area contributed by atoms with Gasteiger partial charge < -0.3 is 19.5 Å². The van der Waals surface area contributed by atoms with Crippen LogP contribution >= 0.6 is 0 Å². The van der Waals surface area contributed by atoms with Gasteiger partial charge in [-0.2, -0.15) is 0 Å². The van der Waals surface area contributed by atoms with Crippen LogP contribution in [-0.4, -0.2) is 37.7 Å². The van der Waals surface area contributed by atoms with Crippen LogP contribution < -0.4 is 14.8 Å². The molecule has 1 aliphatic rings. The standard InChI is InChI=1S/C28H32N2O5/c1-28(2,3)17-10-12-22-20(14-17)26(19-8-6-7-9-21(19)29-22)27(32)35-16-25(31)30-23-15-18(33-4)11-13-24(23)34-5/h6-9,11,13,15,17H,10,12,14,16H2,1-5H3,(H,30,31)/t17-/m0/s1. The van der Waals surface area contributed by atoms with Gasteiger partial charge in [-0.15, -0.1) is 0 Å². The molecule has 1 amide bonds. The molecule has 0 radical (unpaired) electrons. The van der Waals surface area contributed by atoms with Crippen molar-refractivity contribution in [2.75, 3.05) is 26.1 Å². The van der Waals surface area contributed by atoms with E-state index in [-0.39, 0.29) is 5.41 Å². The predicted molar refractivity (Wildman–Crippen MR) is 135 cm³/mol. The molecule has 0 saturated carbocycles. The minimum atomic E-state index is -0.512. The molecule has 0 saturated heterocycles. The molecule has 1 heterocycles. The number of para-hydroxylation sites is 1. The zero-order valence-corrected chi connectivity index (χ0v) is 20.9. The number of carbonyl (C=O) groups excluding carboxylic acids is 2. The summed E-state index contributed by atoms with van der Waals surface area (Å²) in [6.07, 6.45) is 2.61. The van der Waals surface area contributed by atoms with Crippen LogP contribution in [0.15, 0.2) is 42.5 Å². The summed E-state index contributed by atoms with van der Waals surface area (Å²) in [5, 5.41) is 3.49. The number of rotatable bonds is 6. The molecule has 7 nitrogen and oxygen atoms in total. The third-order valence-corrected chi connectivity index (χ3v) is 6.70. The fourth-order valence-corrected chi connectivity index (χ4v) is 4.66. The number of hydrogen-bond donors (Lipinski definition) is 1. The van der Waals surface area contributed by atoms with Crippen molar-refractivity contribution in [1.82, 2.24) is 4.98 Å². The number of aryl methyl sites for hydroxylation is 1. The minimum absolute atomic E-state index is 0.111. The van der Waals surface area contributed by atoms with Gasteiger partial charge in [-0.25, -0.2) is 4.79 Å². The first-order valence-corrected chi connectivity index (χ1v) is 11.8. The molecule has 184 valence electrons. The van der Waals surface area contributed by atoms with E-state index in [4.69, 9.17) is 19.2 Å². The highest BCUT2D eigenvalue weighted by molar-refractivity contribution is 6.06. The highest BCUT2D eigenvalue weighted by atomic mass is 16.5. The number of esters is 1. The maximum absolute atomic E-state index is 13.4. The number of hydrogen-bond acceptors (Lipinski definition) is 6. The minimum Gasteiger partial charge on any atom is -0.497 e. The second-order valence-electron chi connectivity index (χ2n) is 9.93. The van der Waals surface area contributed by atoms with Crippen molar-refractivity contribution in [3.8, 4) is 11.5 Å². The summed E-state index contributed by atoms with van der Waals surface area (Å²) in [5.74, 6) is 0.495. The molecule has 0 fully saturated rings. The van der Waals surface area contributed by atoms with Crippen LogP contribution in [0.4, 0.5) is 5.69 Å². The monoisotopic (exact) mass is 476 g/mol. The van der Waals surface area contributed by atoms with Crippen LogP contribution in [0.2, 0.25) is 0 Å². The van der Waals surface area contributed by atoms with Crippen molar-refractivity contribution in [3.63, 3.8) is 0 Å². The molecule has 0 aliphatic heterocycles. The van der Waals surface area contributed by atoms with Crippen LogP contribution in [0.1, 0.15) is 48.8 Å². The fraction of sp³-hybridized carbons (Fsp3) is 0.393. The maximum Gasteiger partial charge on any atom is 0.339 e. The van der Waals surface area contributed by atoms with Crippen LogP contribution in [0.5, 0.6) is 11.5 Å². The average Bonchev–Trinajstić information content (AvgIpc) is 2.84. The van der Waals surface area contributed by atoms with Crippen molar-refractivity contribution in [3.05, 3.63) is 59.3 Å². The maximum atomic E-state index is 13.4. The summed E-state index contributed by atoms with van der Waals surface area (Å²) in [5.41, 5.74) is 3.72. The second kappa shape index (κ2) is 9.94. The number of ether oxygens (including phenoxy) is 3. The van der Waals surface area contributed by atoms with E-state index in [1.807, 2.05) is 24.3 Å². The van der Waals surface area contributed by atoms with Crippen molar-refractivity contribution in [2.45, 2.75) is 40.0 Å². The molecule has 1 aromatic heterocycles. The zero-order valence-electron chi connectivity index (χ0n) is 20.9. The lowest BCUT2D eigenvalue weighted by atomic mass is 9.70. The number of nitrogens with one attached hydrogen (secondary N) is 1. The smallest absolute Gasteiger partial charge is 0.339 e. The van der Waals surface area contributed by atoms with E-state index in [0.717, 1.165) is 41.4 Å². The number of methoxy groups -OCH3 is 2. The third-order valence-electron chi connectivity index (χ3n) is 6.70. The number of carbonyl (C=O) groups is 2. The van der Waals surface area contributed by atoms with Gasteiger partial charge in [0, 0.05) is 17.1 Å². The molecule has 3 aromatic rings. The number of anilines is 1. The van der Waals surface area contributed by atoms with Crippen molar-refractivity contribution < 1.29 is 23.8 Å². The normalized spacial score (nSPS) is 15.3. The van der Waals surface area contributed by atoms with Gasteiger partial charge in [0.15, 0.2) is 6.61 Å². The molecule has 0 unspecified atom stereocenters. The number of fused-ring (bicyclic) bond motifs is 2. The van der Waals surface area contributed by atoms with Crippen LogP contribution in [0.3, 0.4) is 0 Å². The second-order valence-corrected chi connectivity index (χ2v) is 9.93. The van der Waals surface area contributed by atoms with Gasteiger partial charge in [-0.1, -0.05) is 39.0 Å². The largest absolute Gasteiger partial charge is 0.497 e. The van der Waals surface area contributed by atoms with Gasteiger partial charge in [0.05, 0.1) is 31.0 Å². The lowest BCUT2D eigenvalue weighted by Gasteiger charge is -2.35. The summed E-state index contributed by atoms with van der Waals surface area (Å²) in [4.78, 5) is 30.9. The molecule has 1 N–H and O–H groups in total. The molecule has 7 heteroatoms. The van der Waals surface area contributed by atoms with Crippen LogP contribution in [0.25, 0.3) is 10.9 Å². The van der Waals surface area contributed by atoms with Crippen molar-refractivity contribution in [1.29, 1.82) is 0 Å². The molecule has 4 rings (SSSR count). The first-order valence-electron chi connectivity index (χ1n) is 11.8. The van der Waals surface area contributed by atoms with Crippen molar-refractivity contribution in [2.24, 2.45) is 11.3 Å². The number of benzene rings is 2. The quantitative estimate of drug-likeness (QED) is 0.492. The van der Waals surface area contributed by atoms with E-state index < -0.39 is 18.5 Å². The highest BCUT2D eigenvalue weighted by Crippen LogP contribution is 2.39. The Bertz CT molecular complexity index is 1260. The van der Waals surface area contributed by atoms with E-state index in [2.05, 4.69) is 26.1 Å². The topological polar surface area (TPSA) is 86.8 Å². The van der Waals surface area contributed by atoms with E-state index in [1.165, 1.54) is 7.11 Å². The van der Waals surface area contributed by atoms with Crippen LogP contribution in [-0.2, 0) is 22.4 Å². The zero-order chi connectivity index (χ0) is 25.2. The summed E-state index contributed by atoms with van der Waals surface area (Å²) in [6.45, 7) is 6.26. The first kappa shape index (κ1) is 24.5. The number of aromatic nitrogens is 1. The fourth-order valence-electron chi connectivity index (χ4n) is 4.66. The summed E-state index contributed by atoms with van der Waals surface area (Å²) < 4.78 is 16.1. The Morgan fingerprint density at radius 1 is 1.09 bits per heavy atom. The molecule has 0 spiro atoms. The lowest BCUT2D eigenvalue weighted by molar-refractivity contribution is -0.119. The van der Waals surface area contributed by atoms with E-state index in [0.29, 0.717) is 28.7 Å². The Balaban J connectivity index is 1.58. The molecular weight excluding hydrogens is 444 g/mol. The van der Waals surface area contributed by atoms with Gasteiger partial charge in [-0.3, -0.25) is 9.78 Å². The number of pyridine rings is 1. The van der Waals surface area contributed by atoms with E-state index in [1.54, 1.807) is 25.3 Å². The van der Waals surface area contributed by atoms with E-state index >= 15 is 0 Å². The Kier molecular flexibility index (Phi) is 6.96. The third kappa shape index (κ3) is 5.24. The SMILES string of the molecule is COc1ccc(OC)c(NC(=O)COC(=O)c2c3c(nc4ccccc24)CC[C@H](C(C)(C)C)C3)c1. The Labute approximate surface area is 205 Å². The Hall–Kier alpha value is -3.61. The molecule has 1 aliphatic carbocycles. The molecular formula is C28H32N2O5. The number of amides is 1. The van der Waals surface area contributed by atoms with Gasteiger partial charge in [0.25, 0.3) is 5.91 Å². The lowest BCUT2D eigenvalue weighted by Crippen LogP contribution is -2.29. The van der Waals surface area contributed by atoms with Crippen LogP contribution in [0, 0.1) is 11.3 Å². The Morgan fingerprint density at radius 3 is 2.57 bits per heavy atom. The van der Waals surface area contributed by atoms with Gasteiger partial charge in [0.2, 0.25) is 0 Å². The molecule has 35 heavy (non-hydrogen) atoms. The average molecular weight is 477 g/mol. The highest BCUT2D eigenvalue weighted by Gasteiger charge is 2.33. The summed E-state index contributed by atoms with van der Waals surface area (Å²) in [7, 11) is 3.05. The first-order chi connectivity index (χ1) is 16.7. The van der Waals surface area contributed by atoms with Gasteiger partial charge >= 0.3 is 5.97 Å². The predicted octanol–water partition coefficient (Wildman–Crippen LogP) is 5.20. The van der Waals surface area contributed by atoms with Gasteiger partial charge in [-0.05, 0) is 54.4 Å². The Morgan fingerprint density at radius 2 is 1.86 bits per heavy atom. The number of nitrogens with zero attached hydrogens (tertiary/aromatic N) is 1. The van der Waals surface area contributed by atoms with Gasteiger partial charge in [0.1, 0.15) is 11.5 Å².